The van der Waals surface area contributed by atoms with Crippen LogP contribution in [0.15, 0.2) is 0 Å². The Morgan fingerprint density at radius 2 is 2.00 bits per heavy atom. The lowest BCUT2D eigenvalue weighted by molar-refractivity contribution is -0.132. The van der Waals surface area contributed by atoms with Gasteiger partial charge in [-0.1, -0.05) is 27.7 Å². The summed E-state index contributed by atoms with van der Waals surface area (Å²) in [5.41, 5.74) is -0.202. The number of hydrogen-bond donors (Lipinski definition) is 1. The molecule has 1 atom stereocenters. The van der Waals surface area contributed by atoms with Crippen LogP contribution in [-0.4, -0.2) is 42.3 Å². The number of carbonyl (C=O) groups excluding carboxylic acids is 1. The fraction of sp³-hybridized carbons (Fsp3) is 0.933. The van der Waals surface area contributed by atoms with Crippen LogP contribution in [0.4, 0.5) is 0 Å². The molecule has 1 amide bonds. The van der Waals surface area contributed by atoms with E-state index in [1.807, 2.05) is 4.90 Å². The molecule has 4 heteroatoms. The van der Waals surface area contributed by atoms with Gasteiger partial charge < -0.3 is 9.64 Å². The molecule has 0 bridgehead atoms. The molecule has 1 aliphatic carbocycles. The largest absolute Gasteiger partial charge is 0.380 e. The van der Waals surface area contributed by atoms with Crippen LogP contribution in [0.5, 0.6) is 0 Å². The average molecular weight is 268 g/mol. The van der Waals surface area contributed by atoms with E-state index in [0.29, 0.717) is 30.9 Å². The minimum absolute atomic E-state index is 0.184. The Kier molecular flexibility index (Phi) is 4.51. The van der Waals surface area contributed by atoms with Gasteiger partial charge in [0, 0.05) is 13.2 Å². The molecule has 19 heavy (non-hydrogen) atoms. The zero-order valence-corrected chi connectivity index (χ0v) is 12.7. The summed E-state index contributed by atoms with van der Waals surface area (Å²) in [6.45, 7) is 10.9. The Bertz CT molecular complexity index is 324. The van der Waals surface area contributed by atoms with Crippen molar-refractivity contribution in [3.05, 3.63) is 0 Å². The van der Waals surface area contributed by atoms with E-state index < -0.39 is 0 Å². The molecule has 4 nitrogen and oxygen atoms in total. The molecular formula is C15H28N2O2. The van der Waals surface area contributed by atoms with Crippen molar-refractivity contribution in [3.8, 4) is 0 Å². The fourth-order valence-electron chi connectivity index (χ4n) is 2.66. The summed E-state index contributed by atoms with van der Waals surface area (Å²) in [5, 5.41) is 3.52. The second-order valence-corrected chi connectivity index (χ2v) is 6.71. The van der Waals surface area contributed by atoms with Gasteiger partial charge in [0.25, 0.3) is 0 Å². The molecule has 1 heterocycles. The lowest BCUT2D eigenvalue weighted by atomic mass is 10.1. The number of hydrogen-bond acceptors (Lipinski definition) is 3. The molecule has 1 N–H and O–H groups in total. The summed E-state index contributed by atoms with van der Waals surface area (Å²) >= 11 is 0. The van der Waals surface area contributed by atoms with E-state index in [4.69, 9.17) is 4.74 Å². The normalized spacial score (nSPS) is 25.1. The molecule has 1 saturated heterocycles. The molecule has 2 aliphatic rings. The molecule has 110 valence electrons. The monoisotopic (exact) mass is 268 g/mol. The number of nitrogens with zero attached hydrogens (tertiary/aromatic N) is 1. The first kappa shape index (κ1) is 14.8. The highest BCUT2D eigenvalue weighted by atomic mass is 16.5. The summed E-state index contributed by atoms with van der Waals surface area (Å²) in [4.78, 5) is 14.4. The minimum atomic E-state index is -0.202. The van der Waals surface area contributed by atoms with E-state index in [1.54, 1.807) is 0 Å². The molecular weight excluding hydrogens is 240 g/mol. The van der Waals surface area contributed by atoms with Crippen molar-refractivity contribution in [1.82, 2.24) is 10.2 Å². The summed E-state index contributed by atoms with van der Waals surface area (Å²) in [6.07, 6.45) is 3.27. The quantitative estimate of drug-likeness (QED) is 0.718. The fourth-order valence-corrected chi connectivity index (χ4v) is 2.66. The molecule has 0 aromatic heterocycles. The first-order valence-corrected chi connectivity index (χ1v) is 7.63. The van der Waals surface area contributed by atoms with Gasteiger partial charge in [0.05, 0.1) is 18.3 Å². The predicted molar refractivity (Wildman–Crippen MR) is 75.7 cm³/mol. The Morgan fingerprint density at radius 1 is 1.32 bits per heavy atom. The topological polar surface area (TPSA) is 41.6 Å². The lowest BCUT2D eigenvalue weighted by Crippen LogP contribution is -2.43. The van der Waals surface area contributed by atoms with E-state index in [9.17, 15) is 4.79 Å². The highest BCUT2D eigenvalue weighted by Crippen LogP contribution is 2.43. The van der Waals surface area contributed by atoms with Crippen molar-refractivity contribution in [1.29, 1.82) is 0 Å². The highest BCUT2D eigenvalue weighted by molar-refractivity contribution is 5.91. The molecule has 2 fully saturated rings. The summed E-state index contributed by atoms with van der Waals surface area (Å²) in [5.74, 6) is 1.41. The first-order chi connectivity index (χ1) is 8.96. The van der Waals surface area contributed by atoms with Gasteiger partial charge in [-0.2, -0.15) is 0 Å². The minimum Gasteiger partial charge on any atom is -0.380 e. The summed E-state index contributed by atoms with van der Waals surface area (Å²) in [6, 6.07) is 0. The van der Waals surface area contributed by atoms with E-state index >= 15 is 0 Å². The van der Waals surface area contributed by atoms with Crippen molar-refractivity contribution in [2.45, 2.75) is 58.7 Å². The maximum absolute atomic E-state index is 12.4. The molecule has 1 unspecified atom stereocenters. The van der Waals surface area contributed by atoms with E-state index in [2.05, 4.69) is 33.0 Å². The molecule has 1 spiro atoms. The molecule has 0 aromatic carbocycles. The molecule has 1 saturated carbocycles. The van der Waals surface area contributed by atoms with Crippen LogP contribution in [-0.2, 0) is 9.53 Å². The van der Waals surface area contributed by atoms with Crippen molar-refractivity contribution < 1.29 is 9.53 Å². The van der Waals surface area contributed by atoms with Crippen LogP contribution in [0.3, 0.4) is 0 Å². The predicted octanol–water partition coefficient (Wildman–Crippen LogP) is 2.00. The van der Waals surface area contributed by atoms with Crippen LogP contribution in [0.2, 0.25) is 0 Å². The van der Waals surface area contributed by atoms with Gasteiger partial charge in [-0.3, -0.25) is 10.1 Å². The zero-order valence-electron chi connectivity index (χ0n) is 12.7. The molecule has 0 radical (unpaired) electrons. The third kappa shape index (κ3) is 3.29. The number of ether oxygens (including phenoxy) is 1. The van der Waals surface area contributed by atoms with Crippen molar-refractivity contribution in [2.24, 2.45) is 11.8 Å². The second kappa shape index (κ2) is 5.80. The molecule has 1 aliphatic heterocycles. The molecule has 2 rings (SSSR count). The number of carbonyl (C=O) groups is 1. The van der Waals surface area contributed by atoms with Crippen LogP contribution in [0.25, 0.3) is 0 Å². The van der Waals surface area contributed by atoms with E-state index in [-0.39, 0.29) is 11.7 Å². The highest BCUT2D eigenvalue weighted by Gasteiger charge is 2.59. The van der Waals surface area contributed by atoms with Gasteiger partial charge in [-0.25, -0.2) is 0 Å². The van der Waals surface area contributed by atoms with Gasteiger partial charge in [0.15, 0.2) is 0 Å². The van der Waals surface area contributed by atoms with Crippen LogP contribution >= 0.6 is 0 Å². The number of rotatable bonds is 7. The Morgan fingerprint density at radius 3 is 2.53 bits per heavy atom. The van der Waals surface area contributed by atoms with Gasteiger partial charge in [-0.15, -0.1) is 0 Å². The lowest BCUT2D eigenvalue weighted by Gasteiger charge is -2.27. The second-order valence-electron chi connectivity index (χ2n) is 6.71. The van der Waals surface area contributed by atoms with Crippen molar-refractivity contribution >= 4 is 5.91 Å². The molecule has 0 aromatic rings. The van der Waals surface area contributed by atoms with Crippen molar-refractivity contribution in [2.75, 3.05) is 19.8 Å². The van der Waals surface area contributed by atoms with Gasteiger partial charge in [-0.05, 0) is 31.1 Å². The Balaban J connectivity index is 1.79. The Hall–Kier alpha value is -0.610. The van der Waals surface area contributed by atoms with Gasteiger partial charge in [0.1, 0.15) is 0 Å². The van der Waals surface area contributed by atoms with E-state index in [1.165, 1.54) is 0 Å². The average Bonchev–Trinajstić information content (AvgIpc) is 3.05. The number of amides is 1. The van der Waals surface area contributed by atoms with Crippen molar-refractivity contribution in [3.63, 3.8) is 0 Å². The zero-order chi connectivity index (χ0) is 14.0. The first-order valence-electron chi connectivity index (χ1n) is 7.63. The Labute approximate surface area is 116 Å². The van der Waals surface area contributed by atoms with Gasteiger partial charge in [0.2, 0.25) is 5.91 Å². The summed E-state index contributed by atoms with van der Waals surface area (Å²) < 4.78 is 5.65. The van der Waals surface area contributed by atoms with E-state index in [0.717, 1.165) is 25.9 Å². The van der Waals surface area contributed by atoms with Gasteiger partial charge >= 0.3 is 0 Å². The smallest absolute Gasteiger partial charge is 0.244 e. The third-order valence-corrected chi connectivity index (χ3v) is 4.13. The van der Waals surface area contributed by atoms with Crippen LogP contribution < -0.4 is 5.32 Å². The standard InChI is InChI=1S/C15H28N2O2/c1-11(2)5-9-19-10-8-17-13(12(3)4)16-15(6-7-15)14(17)18/h11-13,16H,5-10H2,1-4H3. The van der Waals surface area contributed by atoms with Crippen LogP contribution in [0.1, 0.15) is 47.0 Å². The number of nitrogens with one attached hydrogen (secondary N) is 1. The SMILES string of the molecule is CC(C)CCOCCN1C(=O)C2(CC2)NC1C(C)C. The van der Waals surface area contributed by atoms with Crippen LogP contribution in [0, 0.1) is 11.8 Å². The maximum atomic E-state index is 12.4. The maximum Gasteiger partial charge on any atom is 0.244 e. The summed E-state index contributed by atoms with van der Waals surface area (Å²) in [7, 11) is 0. The third-order valence-electron chi connectivity index (χ3n) is 4.13.